The van der Waals surface area contributed by atoms with Crippen LogP contribution >= 0.6 is 0 Å². The fourth-order valence-electron chi connectivity index (χ4n) is 5.45. The average molecular weight is 618 g/mol. The van der Waals surface area contributed by atoms with Crippen molar-refractivity contribution in [3.05, 3.63) is 92.6 Å². The third kappa shape index (κ3) is 4.52. The van der Waals surface area contributed by atoms with E-state index in [0.29, 0.717) is 0 Å². The maximum Gasteiger partial charge on any atom is 0.416 e. The Hall–Kier alpha value is -7.00. The van der Waals surface area contributed by atoms with Crippen molar-refractivity contribution in [1.29, 1.82) is 31.6 Å². The lowest BCUT2D eigenvalue weighted by Crippen LogP contribution is -2.08. The second kappa shape index (κ2) is 10.9. The van der Waals surface area contributed by atoms with Crippen LogP contribution in [0.4, 0.5) is 26.3 Å². The summed E-state index contributed by atoms with van der Waals surface area (Å²) in [5, 5.41) is 58.8. The minimum Gasteiger partial charge on any atom is -0.192 e. The van der Waals surface area contributed by atoms with E-state index in [9.17, 15) is 57.9 Å². The predicted molar refractivity (Wildman–Crippen MR) is 146 cm³/mol. The van der Waals surface area contributed by atoms with Gasteiger partial charge in [0.25, 0.3) is 0 Å². The Balaban J connectivity index is 2.06. The molecule has 46 heavy (non-hydrogen) atoms. The number of nitrogens with zero attached hydrogens (tertiary/aromatic N) is 8. The summed E-state index contributed by atoms with van der Waals surface area (Å²) in [5.74, 6) is 0. The average Bonchev–Trinajstić information content (AvgIpc) is 3.52. The Kier molecular flexibility index (Phi) is 7.23. The van der Waals surface area contributed by atoms with E-state index in [1.807, 2.05) is 24.3 Å². The number of fused-ring (bicyclic) bond motifs is 2. The van der Waals surface area contributed by atoms with Crippen molar-refractivity contribution in [3.8, 4) is 58.9 Å². The fourth-order valence-corrected chi connectivity index (χ4v) is 5.45. The summed E-state index contributed by atoms with van der Waals surface area (Å²) in [6, 6.07) is 14.5. The zero-order chi connectivity index (χ0) is 33.6. The molecule has 0 aliphatic carbocycles. The summed E-state index contributed by atoms with van der Waals surface area (Å²) >= 11 is 0. The number of rotatable bonds is 2. The molecule has 218 valence electrons. The van der Waals surface area contributed by atoms with E-state index in [0.717, 1.165) is 48.5 Å². The van der Waals surface area contributed by atoms with Gasteiger partial charge >= 0.3 is 12.4 Å². The molecule has 0 aliphatic heterocycles. The molecule has 5 aromatic rings. The molecule has 0 aliphatic rings. The molecule has 0 atom stereocenters. The van der Waals surface area contributed by atoms with Gasteiger partial charge in [-0.2, -0.15) is 67.9 Å². The van der Waals surface area contributed by atoms with Crippen LogP contribution in [0, 0.1) is 68.2 Å². The molecular weight excluding hydrogens is 610 g/mol. The van der Waals surface area contributed by atoms with Crippen LogP contribution in [0.1, 0.15) is 33.4 Å². The lowest BCUT2D eigenvalue weighted by atomic mass is 9.94. The molecule has 14 heteroatoms. The highest BCUT2D eigenvalue weighted by atomic mass is 19.4. The number of benzene rings is 3. The Morgan fingerprint density at radius 1 is 0.435 bits per heavy atom. The largest absolute Gasteiger partial charge is 0.416 e. The van der Waals surface area contributed by atoms with Crippen molar-refractivity contribution < 1.29 is 26.3 Å². The molecule has 0 fully saturated rings. The van der Waals surface area contributed by atoms with Crippen LogP contribution in [-0.2, 0) is 12.4 Å². The van der Waals surface area contributed by atoms with E-state index in [2.05, 4.69) is 9.98 Å². The van der Waals surface area contributed by atoms with E-state index in [1.165, 1.54) is 12.4 Å². The van der Waals surface area contributed by atoms with Crippen molar-refractivity contribution in [1.82, 2.24) is 0 Å². The van der Waals surface area contributed by atoms with Gasteiger partial charge < -0.3 is 0 Å². The molecule has 0 spiro atoms. The molecule has 8 nitrogen and oxygen atoms in total. The molecule has 5 aromatic carbocycles. The first-order valence-corrected chi connectivity index (χ1v) is 12.5. The van der Waals surface area contributed by atoms with Crippen LogP contribution in [0.5, 0.6) is 0 Å². The monoisotopic (exact) mass is 618 g/mol. The summed E-state index contributed by atoms with van der Waals surface area (Å²) in [6.45, 7) is 0. The molecule has 0 saturated heterocycles. The predicted octanol–water partition coefficient (Wildman–Crippen LogP) is 6.49. The molecule has 0 unspecified atom stereocenters. The van der Waals surface area contributed by atoms with E-state index >= 15 is 0 Å². The molecule has 0 aromatic heterocycles. The zero-order valence-electron chi connectivity index (χ0n) is 22.5. The second-order valence-corrected chi connectivity index (χ2v) is 9.47. The maximum absolute atomic E-state index is 13.3. The van der Waals surface area contributed by atoms with Crippen LogP contribution in [0.2, 0.25) is 0 Å². The molecule has 0 radical (unpaired) electrons. The minimum atomic E-state index is -4.70. The van der Waals surface area contributed by atoms with Gasteiger partial charge in [0.15, 0.2) is 0 Å². The lowest BCUT2D eigenvalue weighted by molar-refractivity contribution is -0.138. The van der Waals surface area contributed by atoms with Gasteiger partial charge in [-0.25, -0.2) is 0 Å². The molecule has 5 rings (SSSR count). The van der Waals surface area contributed by atoms with E-state index < -0.39 is 34.6 Å². The van der Waals surface area contributed by atoms with Gasteiger partial charge in [0.05, 0.1) is 44.1 Å². The third-order valence-corrected chi connectivity index (χ3v) is 7.22. The number of hydrogen-bond donors (Lipinski definition) is 0. The highest BCUT2D eigenvalue weighted by Crippen LogP contribution is 2.42. The smallest absolute Gasteiger partial charge is 0.192 e. The summed E-state index contributed by atoms with van der Waals surface area (Å²) in [5.41, 5.74) is -3.90. The van der Waals surface area contributed by atoms with E-state index in [4.69, 9.17) is 0 Å². The van der Waals surface area contributed by atoms with Gasteiger partial charge in [0, 0.05) is 32.7 Å². The van der Waals surface area contributed by atoms with Gasteiger partial charge in [-0.15, -0.1) is 0 Å². The van der Waals surface area contributed by atoms with Crippen LogP contribution in [0.15, 0.2) is 58.5 Å². The second-order valence-electron chi connectivity index (χ2n) is 9.47. The first-order valence-electron chi connectivity index (χ1n) is 12.5. The zero-order valence-corrected chi connectivity index (χ0v) is 22.5. The van der Waals surface area contributed by atoms with Crippen LogP contribution in [0.3, 0.4) is 0 Å². The van der Waals surface area contributed by atoms with Crippen LogP contribution in [-0.4, -0.2) is 0 Å². The summed E-state index contributed by atoms with van der Waals surface area (Å²) in [4.78, 5) is 7.52. The van der Waals surface area contributed by atoms with Crippen LogP contribution in [0.25, 0.3) is 43.8 Å². The molecular formula is C32H8F6N8. The highest BCUT2D eigenvalue weighted by Gasteiger charge is 2.33. The third-order valence-electron chi connectivity index (χ3n) is 7.22. The van der Waals surface area contributed by atoms with Crippen molar-refractivity contribution in [2.24, 2.45) is 9.98 Å². The van der Waals surface area contributed by atoms with Crippen molar-refractivity contribution in [2.75, 3.05) is 0 Å². The maximum atomic E-state index is 13.3. The highest BCUT2D eigenvalue weighted by molar-refractivity contribution is 6.18. The summed E-state index contributed by atoms with van der Waals surface area (Å²) < 4.78 is 79.6. The lowest BCUT2D eigenvalue weighted by Gasteiger charge is -2.07. The van der Waals surface area contributed by atoms with Gasteiger partial charge in [-0.05, 0) is 35.4 Å². The fraction of sp³-hybridized carbons (Fsp3) is 0.0625. The number of nitriles is 6. The number of hydrogen-bond acceptors (Lipinski definition) is 8. The Morgan fingerprint density at radius 2 is 0.739 bits per heavy atom. The molecule has 0 saturated carbocycles. The number of alkyl halides is 6. The SMILES string of the molecule is N#CN=c1c(-c2ccc(C(F)(F)F)cc2)c(C#N)c2c(C#N)c3c(C#N)c(-c4ccc(C(F)(F)F)cc4)c(=NC#N)c3c(C#N)c12. The van der Waals surface area contributed by atoms with Gasteiger partial charge in [0.2, 0.25) is 12.4 Å². The first-order chi connectivity index (χ1) is 21.9. The van der Waals surface area contributed by atoms with Gasteiger partial charge in [-0.1, -0.05) is 24.3 Å². The topological polar surface area (TPSA) is 167 Å². The normalized spacial score (nSPS) is 12.3. The van der Waals surface area contributed by atoms with Crippen molar-refractivity contribution in [3.63, 3.8) is 0 Å². The van der Waals surface area contributed by atoms with Crippen molar-refractivity contribution in [2.45, 2.75) is 12.4 Å². The van der Waals surface area contributed by atoms with Crippen LogP contribution < -0.4 is 10.7 Å². The van der Waals surface area contributed by atoms with Gasteiger partial charge in [0.1, 0.15) is 24.3 Å². The summed E-state index contributed by atoms with van der Waals surface area (Å²) in [7, 11) is 0. The van der Waals surface area contributed by atoms with E-state index in [-0.39, 0.29) is 65.6 Å². The molecule has 0 N–H and O–H groups in total. The Bertz CT molecular complexity index is 2330. The van der Waals surface area contributed by atoms with Crippen molar-refractivity contribution >= 4 is 21.5 Å². The van der Waals surface area contributed by atoms with Gasteiger partial charge in [-0.3, -0.25) is 0 Å². The summed E-state index contributed by atoms with van der Waals surface area (Å²) in [6.07, 6.45) is -6.33. The standard InChI is InChI=1S/C32H8F6N8/c33-31(34,35)17-5-1-15(2-6-17)23-19(9-39)25-21(11-41)26-20(10-40)24(16-3-7-18(8-4-16)32(36,37)38)30(46-14-44)28(26)22(12-42)27(25)29(23)45-13-43/h1-8H. The first kappa shape index (κ1) is 30.5. The quantitative estimate of drug-likeness (QED) is 0.162. The Morgan fingerprint density at radius 3 is 1.00 bits per heavy atom. The Labute approximate surface area is 253 Å². The molecule has 0 amide bonds. The van der Waals surface area contributed by atoms with E-state index in [1.54, 1.807) is 0 Å². The molecule has 0 heterocycles. The molecule has 0 bridgehead atoms. The number of halogens is 6. The minimum absolute atomic E-state index is 0.0184.